The minimum Gasteiger partial charge on any atom is -0.466 e. The van der Waals surface area contributed by atoms with Gasteiger partial charge in [-0.2, -0.15) is 5.26 Å². The second-order valence-electron chi connectivity index (χ2n) is 5.57. The average Bonchev–Trinajstić information content (AvgIpc) is 3.11. The molecule has 24 heavy (non-hydrogen) atoms. The number of esters is 1. The Morgan fingerprint density at radius 3 is 2.75 bits per heavy atom. The van der Waals surface area contributed by atoms with E-state index in [-0.39, 0.29) is 12.3 Å². The van der Waals surface area contributed by atoms with Gasteiger partial charge in [0.25, 0.3) is 0 Å². The number of fused-ring (bicyclic) bond motifs is 1. The van der Waals surface area contributed by atoms with Crippen molar-refractivity contribution in [1.29, 1.82) is 5.26 Å². The van der Waals surface area contributed by atoms with E-state index < -0.39 is 12.1 Å². The molecule has 0 bridgehead atoms. The Morgan fingerprint density at radius 1 is 1.29 bits per heavy atom. The summed E-state index contributed by atoms with van der Waals surface area (Å²) in [5, 5.41) is 13.9. The molecule has 6 nitrogen and oxygen atoms in total. The summed E-state index contributed by atoms with van der Waals surface area (Å²) in [5.74, 6) is -0.615. The number of amides is 1. The van der Waals surface area contributed by atoms with Gasteiger partial charge in [-0.25, -0.2) is 4.79 Å². The van der Waals surface area contributed by atoms with Crippen molar-refractivity contribution >= 4 is 22.6 Å². The summed E-state index contributed by atoms with van der Waals surface area (Å²) < 4.78 is 4.73. The number of nitrogens with one attached hydrogen (secondary N) is 1. The van der Waals surface area contributed by atoms with Crippen LogP contribution in [0.2, 0.25) is 0 Å². The lowest BCUT2D eigenvalue weighted by Gasteiger charge is -2.22. The zero-order chi connectivity index (χ0) is 17.1. The largest absolute Gasteiger partial charge is 0.466 e. The number of methoxy groups -OCH3 is 1. The molecule has 122 valence electrons. The lowest BCUT2D eigenvalue weighted by Crippen LogP contribution is -2.46. The molecule has 0 spiro atoms. The summed E-state index contributed by atoms with van der Waals surface area (Å²) >= 11 is 0. The summed E-state index contributed by atoms with van der Waals surface area (Å²) in [4.78, 5) is 25.9. The van der Waals surface area contributed by atoms with Gasteiger partial charge in [0.2, 0.25) is 5.91 Å². The Morgan fingerprint density at radius 2 is 2.04 bits per heavy atom. The van der Waals surface area contributed by atoms with E-state index in [1.54, 1.807) is 12.1 Å². The molecular formula is C18H17N3O3. The van der Waals surface area contributed by atoms with Gasteiger partial charge in [0.15, 0.2) is 6.17 Å². The van der Waals surface area contributed by atoms with Gasteiger partial charge >= 0.3 is 5.97 Å². The fourth-order valence-electron chi connectivity index (χ4n) is 3.03. The SMILES string of the molecule is COC(=O)C1NCCN1C(=O)Cc1ccc(C#N)c2ccccc12. The topological polar surface area (TPSA) is 82.4 Å². The molecule has 3 rings (SSSR count). The molecule has 6 heteroatoms. The molecule has 0 saturated carbocycles. The maximum Gasteiger partial charge on any atom is 0.343 e. The molecule has 1 N–H and O–H groups in total. The highest BCUT2D eigenvalue weighted by atomic mass is 16.5. The first kappa shape index (κ1) is 16.0. The van der Waals surface area contributed by atoms with E-state index in [0.717, 1.165) is 16.3 Å². The van der Waals surface area contributed by atoms with E-state index in [0.29, 0.717) is 18.7 Å². The first-order chi connectivity index (χ1) is 11.7. The van der Waals surface area contributed by atoms with Crippen molar-refractivity contribution in [2.45, 2.75) is 12.6 Å². The van der Waals surface area contributed by atoms with Crippen molar-refractivity contribution < 1.29 is 14.3 Å². The number of hydrogen-bond acceptors (Lipinski definition) is 5. The summed E-state index contributed by atoms with van der Waals surface area (Å²) in [6.45, 7) is 1.02. The summed E-state index contributed by atoms with van der Waals surface area (Å²) in [6, 6.07) is 13.2. The third kappa shape index (κ3) is 2.82. The number of nitrogens with zero attached hydrogens (tertiary/aromatic N) is 2. The van der Waals surface area contributed by atoms with Gasteiger partial charge in [-0.3, -0.25) is 10.1 Å². The second kappa shape index (κ2) is 6.69. The van der Waals surface area contributed by atoms with Crippen LogP contribution in [0.4, 0.5) is 0 Å². The highest BCUT2D eigenvalue weighted by Crippen LogP contribution is 2.23. The van der Waals surface area contributed by atoms with E-state index in [1.165, 1.54) is 12.0 Å². The lowest BCUT2D eigenvalue weighted by molar-refractivity contribution is -0.151. The van der Waals surface area contributed by atoms with Gasteiger partial charge in [0.1, 0.15) is 0 Å². The van der Waals surface area contributed by atoms with Gasteiger partial charge in [-0.05, 0) is 22.4 Å². The second-order valence-corrected chi connectivity index (χ2v) is 5.57. The Hall–Kier alpha value is -2.91. The molecular weight excluding hydrogens is 306 g/mol. The van der Waals surface area contributed by atoms with Crippen molar-refractivity contribution in [3.05, 3.63) is 47.5 Å². The molecule has 1 heterocycles. The molecule has 1 amide bonds. The monoisotopic (exact) mass is 323 g/mol. The first-order valence-electron chi connectivity index (χ1n) is 7.67. The van der Waals surface area contributed by atoms with Crippen molar-refractivity contribution in [3.63, 3.8) is 0 Å². The van der Waals surface area contributed by atoms with Crippen LogP contribution in [0.25, 0.3) is 10.8 Å². The minimum absolute atomic E-state index is 0.148. The average molecular weight is 323 g/mol. The Kier molecular flexibility index (Phi) is 4.45. The maximum absolute atomic E-state index is 12.7. The van der Waals surface area contributed by atoms with Gasteiger partial charge < -0.3 is 9.64 Å². The van der Waals surface area contributed by atoms with Gasteiger partial charge in [-0.15, -0.1) is 0 Å². The third-order valence-electron chi connectivity index (χ3n) is 4.22. The van der Waals surface area contributed by atoms with Crippen LogP contribution in [0, 0.1) is 11.3 Å². The molecule has 1 saturated heterocycles. The van der Waals surface area contributed by atoms with Gasteiger partial charge in [0.05, 0.1) is 25.2 Å². The fraction of sp³-hybridized carbons (Fsp3) is 0.278. The highest BCUT2D eigenvalue weighted by molar-refractivity contribution is 5.94. The minimum atomic E-state index is -0.729. The lowest BCUT2D eigenvalue weighted by atomic mass is 9.98. The molecule has 1 atom stereocenters. The number of ether oxygens (including phenoxy) is 1. The molecule has 0 radical (unpaired) electrons. The molecule has 1 unspecified atom stereocenters. The normalized spacial score (nSPS) is 16.8. The van der Waals surface area contributed by atoms with Gasteiger partial charge in [0, 0.05) is 13.1 Å². The van der Waals surface area contributed by atoms with Crippen LogP contribution in [0.5, 0.6) is 0 Å². The van der Waals surface area contributed by atoms with Crippen LogP contribution >= 0.6 is 0 Å². The van der Waals surface area contributed by atoms with Crippen LogP contribution in [0.3, 0.4) is 0 Å². The molecule has 2 aromatic carbocycles. The van der Waals surface area contributed by atoms with Crippen molar-refractivity contribution in [2.24, 2.45) is 0 Å². The predicted octanol–water partition coefficient (Wildman–Crippen LogP) is 1.18. The van der Waals surface area contributed by atoms with E-state index in [9.17, 15) is 14.9 Å². The standard InChI is InChI=1S/C18H17N3O3/c1-24-18(23)17-20-8-9-21(17)16(22)10-12-6-7-13(11-19)15-5-3-2-4-14(12)15/h2-7,17,20H,8-10H2,1H3. The number of nitriles is 1. The van der Waals surface area contributed by atoms with Crippen molar-refractivity contribution in [2.75, 3.05) is 20.2 Å². The quantitative estimate of drug-likeness (QED) is 0.858. The molecule has 0 aliphatic carbocycles. The third-order valence-corrected chi connectivity index (χ3v) is 4.22. The fourth-order valence-corrected chi connectivity index (χ4v) is 3.03. The van der Waals surface area contributed by atoms with Crippen LogP contribution in [-0.4, -0.2) is 43.1 Å². The van der Waals surface area contributed by atoms with Crippen molar-refractivity contribution in [3.8, 4) is 6.07 Å². The first-order valence-corrected chi connectivity index (χ1v) is 7.67. The highest BCUT2D eigenvalue weighted by Gasteiger charge is 2.34. The smallest absolute Gasteiger partial charge is 0.343 e. The Balaban J connectivity index is 1.89. The van der Waals surface area contributed by atoms with E-state index in [4.69, 9.17) is 4.74 Å². The van der Waals surface area contributed by atoms with Crippen LogP contribution < -0.4 is 5.32 Å². The van der Waals surface area contributed by atoms with E-state index in [1.807, 2.05) is 24.3 Å². The summed E-state index contributed by atoms with van der Waals surface area (Å²) in [7, 11) is 1.30. The van der Waals surface area contributed by atoms with Crippen LogP contribution in [0.15, 0.2) is 36.4 Å². The number of carbonyl (C=O) groups is 2. The predicted molar refractivity (Wildman–Crippen MR) is 87.9 cm³/mol. The Bertz CT molecular complexity index is 841. The Labute approximate surface area is 139 Å². The molecule has 1 fully saturated rings. The maximum atomic E-state index is 12.7. The zero-order valence-corrected chi connectivity index (χ0v) is 13.3. The molecule has 1 aliphatic heterocycles. The number of hydrogen-bond donors (Lipinski definition) is 1. The summed E-state index contributed by atoms with van der Waals surface area (Å²) in [5.41, 5.74) is 1.42. The molecule has 0 aromatic heterocycles. The zero-order valence-electron chi connectivity index (χ0n) is 13.3. The van der Waals surface area contributed by atoms with Gasteiger partial charge in [-0.1, -0.05) is 30.3 Å². The van der Waals surface area contributed by atoms with Crippen molar-refractivity contribution in [1.82, 2.24) is 10.2 Å². The number of benzene rings is 2. The van der Waals surface area contributed by atoms with E-state index >= 15 is 0 Å². The number of carbonyl (C=O) groups excluding carboxylic acids is 2. The summed E-state index contributed by atoms with van der Waals surface area (Å²) in [6.07, 6.45) is -0.561. The molecule has 1 aliphatic rings. The van der Waals surface area contributed by atoms with E-state index in [2.05, 4.69) is 11.4 Å². The van der Waals surface area contributed by atoms with Crippen LogP contribution in [0.1, 0.15) is 11.1 Å². The number of rotatable bonds is 3. The van der Waals surface area contributed by atoms with Crippen LogP contribution in [-0.2, 0) is 20.7 Å². The molecule has 2 aromatic rings.